The van der Waals surface area contributed by atoms with Crippen molar-refractivity contribution in [2.24, 2.45) is 0 Å². The summed E-state index contributed by atoms with van der Waals surface area (Å²) in [7, 11) is 0. The summed E-state index contributed by atoms with van der Waals surface area (Å²) < 4.78 is 0. The fourth-order valence-electron chi connectivity index (χ4n) is 1.20. The summed E-state index contributed by atoms with van der Waals surface area (Å²) in [6.07, 6.45) is 0.721. The molecule has 0 saturated carbocycles. The van der Waals surface area contributed by atoms with Crippen molar-refractivity contribution in [2.75, 3.05) is 13.1 Å². The molecule has 3 heteroatoms. The summed E-state index contributed by atoms with van der Waals surface area (Å²) in [5, 5.41) is 2.92. The van der Waals surface area contributed by atoms with Crippen LogP contribution in [-0.2, 0) is 4.79 Å². The summed E-state index contributed by atoms with van der Waals surface area (Å²) >= 11 is 0. The van der Waals surface area contributed by atoms with Gasteiger partial charge in [0.2, 0.25) is 5.91 Å². The molecule has 0 aliphatic carbocycles. The molecule has 1 amide bonds. The fourth-order valence-corrected chi connectivity index (χ4v) is 1.20. The number of hydrogen-bond acceptors (Lipinski definition) is 2. The molecule has 1 atom stereocenters. The molecule has 1 unspecified atom stereocenters. The van der Waals surface area contributed by atoms with E-state index >= 15 is 0 Å². The van der Waals surface area contributed by atoms with E-state index in [9.17, 15) is 4.79 Å². The summed E-state index contributed by atoms with van der Waals surface area (Å²) in [6.45, 7) is 10.0. The molecule has 0 rings (SSSR count). The molecule has 0 bridgehead atoms. The Morgan fingerprint density at radius 1 is 1.33 bits per heavy atom. The van der Waals surface area contributed by atoms with Gasteiger partial charge in [0.15, 0.2) is 0 Å². The molecule has 0 fully saturated rings. The minimum Gasteiger partial charge on any atom is -0.341 e. The van der Waals surface area contributed by atoms with Crippen molar-refractivity contribution in [1.82, 2.24) is 10.2 Å². The van der Waals surface area contributed by atoms with Gasteiger partial charge in [-0.15, -0.1) is 0 Å². The first-order valence-electron chi connectivity index (χ1n) is 4.69. The van der Waals surface area contributed by atoms with Crippen molar-refractivity contribution < 1.29 is 4.79 Å². The topological polar surface area (TPSA) is 32.3 Å². The monoisotopic (exact) mass is 172 g/mol. The first kappa shape index (κ1) is 11.4. The summed E-state index contributed by atoms with van der Waals surface area (Å²) in [6, 6.07) is 0. The molecule has 0 aromatic carbocycles. The predicted molar refractivity (Wildman–Crippen MR) is 50.8 cm³/mol. The van der Waals surface area contributed by atoms with Crippen molar-refractivity contribution in [3.63, 3.8) is 0 Å². The SMILES string of the molecule is CCC(=O)NC(C)N(CC)CC. The van der Waals surface area contributed by atoms with E-state index in [1.165, 1.54) is 0 Å². The number of hydrogen-bond donors (Lipinski definition) is 1. The van der Waals surface area contributed by atoms with Crippen LogP contribution in [-0.4, -0.2) is 30.1 Å². The number of nitrogens with zero attached hydrogens (tertiary/aromatic N) is 1. The van der Waals surface area contributed by atoms with E-state index in [0.717, 1.165) is 13.1 Å². The third-order valence-corrected chi connectivity index (χ3v) is 2.05. The van der Waals surface area contributed by atoms with Gasteiger partial charge in [-0.05, 0) is 20.0 Å². The van der Waals surface area contributed by atoms with E-state index in [2.05, 4.69) is 24.1 Å². The van der Waals surface area contributed by atoms with Crippen LogP contribution in [0.3, 0.4) is 0 Å². The Kier molecular flexibility index (Phi) is 5.72. The van der Waals surface area contributed by atoms with Crippen LogP contribution in [0.4, 0.5) is 0 Å². The molecule has 1 N–H and O–H groups in total. The van der Waals surface area contributed by atoms with Gasteiger partial charge in [-0.1, -0.05) is 20.8 Å². The molecule has 12 heavy (non-hydrogen) atoms. The number of amides is 1. The zero-order chi connectivity index (χ0) is 9.56. The smallest absolute Gasteiger partial charge is 0.220 e. The van der Waals surface area contributed by atoms with E-state index in [0.29, 0.717) is 6.42 Å². The molecule has 0 saturated heterocycles. The molecule has 0 aromatic rings. The highest BCUT2D eigenvalue weighted by Crippen LogP contribution is 1.94. The molecular weight excluding hydrogens is 152 g/mol. The largest absolute Gasteiger partial charge is 0.341 e. The number of carbonyl (C=O) groups is 1. The van der Waals surface area contributed by atoms with E-state index in [1.807, 2.05) is 13.8 Å². The van der Waals surface area contributed by atoms with Crippen molar-refractivity contribution >= 4 is 5.91 Å². The molecule has 0 aliphatic heterocycles. The first-order valence-corrected chi connectivity index (χ1v) is 4.69. The molecule has 0 aliphatic rings. The zero-order valence-corrected chi connectivity index (χ0v) is 8.55. The zero-order valence-electron chi connectivity index (χ0n) is 8.55. The average molecular weight is 172 g/mol. The van der Waals surface area contributed by atoms with Crippen LogP contribution in [0.2, 0.25) is 0 Å². The highest BCUT2D eigenvalue weighted by atomic mass is 16.1. The second-order valence-electron chi connectivity index (χ2n) is 2.82. The standard InChI is InChI=1S/C9H20N2O/c1-5-9(12)10-8(4)11(6-2)7-3/h8H,5-7H2,1-4H3,(H,10,12). The van der Waals surface area contributed by atoms with Crippen molar-refractivity contribution in [3.05, 3.63) is 0 Å². The van der Waals surface area contributed by atoms with Crippen molar-refractivity contribution in [3.8, 4) is 0 Å². The third kappa shape index (κ3) is 3.72. The minimum absolute atomic E-state index is 0.120. The number of carbonyl (C=O) groups excluding carboxylic acids is 1. The van der Waals surface area contributed by atoms with Crippen molar-refractivity contribution in [2.45, 2.75) is 40.3 Å². The number of nitrogens with one attached hydrogen (secondary N) is 1. The van der Waals surface area contributed by atoms with Gasteiger partial charge in [-0.3, -0.25) is 9.69 Å². The minimum atomic E-state index is 0.120. The lowest BCUT2D eigenvalue weighted by molar-refractivity contribution is -0.122. The first-order chi connectivity index (χ1) is 5.65. The van der Waals surface area contributed by atoms with Gasteiger partial charge < -0.3 is 5.32 Å². The molecule has 0 spiro atoms. The maximum Gasteiger partial charge on any atom is 0.220 e. The highest BCUT2D eigenvalue weighted by molar-refractivity contribution is 5.75. The fraction of sp³-hybridized carbons (Fsp3) is 0.889. The summed E-state index contributed by atoms with van der Waals surface area (Å²) in [4.78, 5) is 13.2. The van der Waals surface area contributed by atoms with E-state index in [1.54, 1.807) is 0 Å². The maximum atomic E-state index is 11.0. The van der Waals surface area contributed by atoms with Crippen LogP contribution in [0.5, 0.6) is 0 Å². The maximum absolute atomic E-state index is 11.0. The Labute approximate surface area is 75.1 Å². The van der Waals surface area contributed by atoms with Crippen LogP contribution in [0.25, 0.3) is 0 Å². The van der Waals surface area contributed by atoms with Gasteiger partial charge in [0.25, 0.3) is 0 Å². The normalized spacial score (nSPS) is 13.1. The van der Waals surface area contributed by atoms with Gasteiger partial charge in [-0.25, -0.2) is 0 Å². The van der Waals surface area contributed by atoms with Gasteiger partial charge in [0, 0.05) is 6.42 Å². The van der Waals surface area contributed by atoms with E-state index < -0.39 is 0 Å². The molecule has 72 valence electrons. The third-order valence-electron chi connectivity index (χ3n) is 2.05. The van der Waals surface area contributed by atoms with Gasteiger partial charge in [0.1, 0.15) is 0 Å². The molecule has 0 aromatic heterocycles. The molecule has 0 radical (unpaired) electrons. The molecule has 0 heterocycles. The number of rotatable bonds is 5. The lowest BCUT2D eigenvalue weighted by Gasteiger charge is -2.26. The van der Waals surface area contributed by atoms with Gasteiger partial charge in [0.05, 0.1) is 6.17 Å². The van der Waals surface area contributed by atoms with Crippen LogP contribution in [0.1, 0.15) is 34.1 Å². The van der Waals surface area contributed by atoms with Gasteiger partial charge in [-0.2, -0.15) is 0 Å². The lowest BCUT2D eigenvalue weighted by Crippen LogP contribution is -2.45. The quantitative estimate of drug-likeness (QED) is 0.632. The predicted octanol–water partition coefficient (Wildman–Crippen LogP) is 1.20. The summed E-state index contributed by atoms with van der Waals surface area (Å²) in [5.41, 5.74) is 0. The van der Waals surface area contributed by atoms with E-state index in [-0.39, 0.29) is 12.1 Å². The second kappa shape index (κ2) is 6.00. The average Bonchev–Trinajstić information content (AvgIpc) is 2.06. The Bertz CT molecular complexity index is 132. The van der Waals surface area contributed by atoms with Crippen molar-refractivity contribution in [1.29, 1.82) is 0 Å². The van der Waals surface area contributed by atoms with Crippen LogP contribution in [0, 0.1) is 0 Å². The van der Waals surface area contributed by atoms with Crippen LogP contribution < -0.4 is 5.32 Å². The summed E-state index contributed by atoms with van der Waals surface area (Å²) in [5.74, 6) is 0.120. The Morgan fingerprint density at radius 3 is 2.17 bits per heavy atom. The highest BCUT2D eigenvalue weighted by Gasteiger charge is 2.10. The molecule has 3 nitrogen and oxygen atoms in total. The lowest BCUT2D eigenvalue weighted by atomic mass is 10.4. The van der Waals surface area contributed by atoms with Crippen LogP contribution >= 0.6 is 0 Å². The molecular formula is C9H20N2O. The Hall–Kier alpha value is -0.570. The van der Waals surface area contributed by atoms with Gasteiger partial charge >= 0.3 is 0 Å². The Morgan fingerprint density at radius 2 is 1.83 bits per heavy atom. The van der Waals surface area contributed by atoms with Crippen LogP contribution in [0.15, 0.2) is 0 Å². The Balaban J connectivity index is 3.83. The van der Waals surface area contributed by atoms with E-state index in [4.69, 9.17) is 0 Å². The second-order valence-corrected chi connectivity index (χ2v) is 2.82.